The fourth-order valence-corrected chi connectivity index (χ4v) is 3.25. The maximum atomic E-state index is 6.70. The molecule has 5 N–H and O–H groups in total. The summed E-state index contributed by atoms with van der Waals surface area (Å²) in [4.78, 5) is 0. The minimum atomic E-state index is -0.642. The Hall–Kier alpha value is -1.68. The van der Waals surface area contributed by atoms with Crippen LogP contribution in [0.25, 0.3) is 0 Å². The first kappa shape index (κ1) is 15.2. The fourth-order valence-electron chi connectivity index (χ4n) is 2.93. The molecular weight excluding hydrogens is 317 g/mol. The molecule has 0 amide bonds. The molecule has 2 aromatic rings. The Morgan fingerprint density at radius 2 is 1.91 bits per heavy atom. The largest absolute Gasteiger partial charge is 0.397 e. The smallest absolute Gasteiger partial charge is 0.0677 e. The van der Waals surface area contributed by atoms with E-state index in [1.54, 1.807) is 6.07 Å². The highest BCUT2D eigenvalue weighted by molar-refractivity contribution is 6.42. The molecule has 0 bridgehead atoms. The first-order chi connectivity index (χ1) is 10.4. The van der Waals surface area contributed by atoms with Gasteiger partial charge in [-0.1, -0.05) is 41.4 Å². The molecule has 0 saturated heterocycles. The van der Waals surface area contributed by atoms with Crippen LogP contribution in [-0.4, -0.2) is 0 Å². The zero-order chi connectivity index (χ0) is 15.9. The molecule has 1 aliphatic rings. The molecule has 3 nitrogen and oxygen atoms in total. The number of para-hydroxylation sites is 1. The van der Waals surface area contributed by atoms with Crippen LogP contribution in [0.2, 0.25) is 10.0 Å². The number of nitrogen functional groups attached to an aromatic ring is 1. The van der Waals surface area contributed by atoms with E-state index in [2.05, 4.69) is 5.32 Å². The second kappa shape index (κ2) is 5.51. The van der Waals surface area contributed by atoms with Crippen LogP contribution in [0.5, 0.6) is 0 Å². The summed E-state index contributed by atoms with van der Waals surface area (Å²) < 4.78 is 0. The minimum absolute atomic E-state index is 0.533. The summed E-state index contributed by atoms with van der Waals surface area (Å²) in [5, 5.41) is 4.37. The lowest BCUT2D eigenvalue weighted by molar-refractivity contribution is 0.550. The molecule has 0 saturated carbocycles. The second-order valence-electron chi connectivity index (χ2n) is 5.69. The highest BCUT2D eigenvalue weighted by atomic mass is 35.5. The van der Waals surface area contributed by atoms with Crippen LogP contribution in [0, 0.1) is 0 Å². The monoisotopic (exact) mass is 333 g/mol. The summed E-state index contributed by atoms with van der Waals surface area (Å²) in [6.07, 6.45) is 2.64. The Balaban J connectivity index is 2.06. The van der Waals surface area contributed by atoms with Crippen LogP contribution in [0.1, 0.15) is 18.1 Å². The normalized spacial score (nSPS) is 20.1. The number of anilines is 2. The first-order valence-electron chi connectivity index (χ1n) is 6.97. The number of hydrogen-bond donors (Lipinski definition) is 3. The third-order valence-corrected chi connectivity index (χ3v) is 4.61. The Labute approximate surface area is 139 Å². The maximum absolute atomic E-state index is 6.70. The van der Waals surface area contributed by atoms with Crippen LogP contribution in [0.4, 0.5) is 11.4 Å². The van der Waals surface area contributed by atoms with Gasteiger partial charge >= 0.3 is 0 Å². The van der Waals surface area contributed by atoms with Crippen molar-refractivity contribution in [3.63, 3.8) is 0 Å². The van der Waals surface area contributed by atoms with Gasteiger partial charge in [-0.25, -0.2) is 0 Å². The van der Waals surface area contributed by atoms with Crippen LogP contribution in [-0.2, 0) is 12.0 Å². The van der Waals surface area contributed by atoms with E-state index in [-0.39, 0.29) is 0 Å². The van der Waals surface area contributed by atoms with Gasteiger partial charge in [0.2, 0.25) is 0 Å². The number of fused-ring (bicyclic) bond motifs is 1. The molecule has 1 unspecified atom stereocenters. The molecular formula is C17H17Cl2N3. The number of allylic oxidation sites excluding steroid dienone is 1. The molecule has 1 atom stereocenters. The van der Waals surface area contributed by atoms with E-state index in [0.29, 0.717) is 22.2 Å². The predicted octanol–water partition coefficient (Wildman–Crippen LogP) is 4.30. The number of benzene rings is 2. The highest BCUT2D eigenvalue weighted by Gasteiger charge is 2.32. The summed E-state index contributed by atoms with van der Waals surface area (Å²) in [6.45, 7) is 1.98. The zero-order valence-corrected chi connectivity index (χ0v) is 13.7. The fraction of sp³-hybridized carbons (Fsp3) is 0.176. The van der Waals surface area contributed by atoms with Crippen LogP contribution >= 0.6 is 23.2 Å². The van der Waals surface area contributed by atoms with Gasteiger partial charge in [-0.3, -0.25) is 0 Å². The number of nitrogens with two attached hydrogens (primary N) is 2. The molecule has 0 aliphatic carbocycles. The van der Waals surface area contributed by atoms with Crippen molar-refractivity contribution in [2.24, 2.45) is 5.73 Å². The number of rotatable bonds is 2. The standard InChI is InChI=1S/C17H17Cl2N3/c1-10-8-17(21,9-11-5-6-13(18)14(19)7-11)12-3-2-4-15(20)16(12)22-10/h2-8,22H,9,20-21H2,1H3. The molecule has 0 fully saturated rings. The highest BCUT2D eigenvalue weighted by Crippen LogP contribution is 2.39. The molecule has 0 radical (unpaired) electrons. The van der Waals surface area contributed by atoms with Crippen LogP contribution < -0.4 is 16.8 Å². The van der Waals surface area contributed by atoms with Gasteiger partial charge in [0.05, 0.1) is 27.0 Å². The van der Waals surface area contributed by atoms with Gasteiger partial charge in [-0.15, -0.1) is 0 Å². The Kier molecular flexibility index (Phi) is 3.81. The van der Waals surface area contributed by atoms with Crippen molar-refractivity contribution in [2.45, 2.75) is 18.9 Å². The molecule has 0 spiro atoms. The topological polar surface area (TPSA) is 64.1 Å². The van der Waals surface area contributed by atoms with Crippen LogP contribution in [0.15, 0.2) is 48.2 Å². The van der Waals surface area contributed by atoms with Gasteiger partial charge in [-0.05, 0) is 43.2 Å². The van der Waals surface area contributed by atoms with Crippen molar-refractivity contribution < 1.29 is 0 Å². The van der Waals surface area contributed by atoms with E-state index in [0.717, 1.165) is 22.5 Å². The van der Waals surface area contributed by atoms with Crippen molar-refractivity contribution in [1.29, 1.82) is 0 Å². The SMILES string of the molecule is CC1=CC(N)(Cc2ccc(Cl)c(Cl)c2)c2cccc(N)c2N1. The van der Waals surface area contributed by atoms with Crippen molar-refractivity contribution in [2.75, 3.05) is 11.1 Å². The minimum Gasteiger partial charge on any atom is -0.397 e. The van der Waals surface area contributed by atoms with Crippen molar-refractivity contribution in [3.8, 4) is 0 Å². The second-order valence-corrected chi connectivity index (χ2v) is 6.50. The van der Waals surface area contributed by atoms with E-state index < -0.39 is 5.54 Å². The van der Waals surface area contributed by atoms with Gasteiger partial charge in [0.1, 0.15) is 0 Å². The molecule has 5 heteroatoms. The molecule has 1 heterocycles. The van der Waals surface area contributed by atoms with Gasteiger partial charge in [0.15, 0.2) is 0 Å². The van der Waals surface area contributed by atoms with Gasteiger partial charge < -0.3 is 16.8 Å². The van der Waals surface area contributed by atoms with E-state index >= 15 is 0 Å². The van der Waals surface area contributed by atoms with E-state index in [1.807, 2.05) is 43.3 Å². The third kappa shape index (κ3) is 2.68. The Morgan fingerprint density at radius 1 is 1.14 bits per heavy atom. The average Bonchev–Trinajstić information content (AvgIpc) is 2.44. The van der Waals surface area contributed by atoms with Gasteiger partial charge in [0.25, 0.3) is 0 Å². The molecule has 2 aromatic carbocycles. The van der Waals surface area contributed by atoms with Crippen molar-refractivity contribution >= 4 is 34.6 Å². The predicted molar refractivity (Wildman–Crippen MR) is 94.3 cm³/mol. The van der Waals surface area contributed by atoms with E-state index in [4.69, 9.17) is 34.7 Å². The molecule has 114 valence electrons. The molecule has 0 aromatic heterocycles. The molecule has 3 rings (SSSR count). The average molecular weight is 334 g/mol. The number of halogens is 2. The lowest BCUT2D eigenvalue weighted by atomic mass is 9.81. The lowest BCUT2D eigenvalue weighted by Crippen LogP contribution is -2.40. The molecule has 22 heavy (non-hydrogen) atoms. The van der Waals surface area contributed by atoms with Crippen molar-refractivity contribution in [1.82, 2.24) is 0 Å². The molecule has 1 aliphatic heterocycles. The summed E-state index contributed by atoms with van der Waals surface area (Å²) >= 11 is 12.1. The van der Waals surface area contributed by atoms with Crippen LogP contribution in [0.3, 0.4) is 0 Å². The Morgan fingerprint density at radius 3 is 2.64 bits per heavy atom. The van der Waals surface area contributed by atoms with E-state index in [1.165, 1.54) is 0 Å². The van der Waals surface area contributed by atoms with Crippen molar-refractivity contribution in [3.05, 3.63) is 69.3 Å². The Bertz CT molecular complexity index is 770. The number of nitrogens with one attached hydrogen (secondary N) is 1. The lowest BCUT2D eigenvalue weighted by Gasteiger charge is -2.34. The summed E-state index contributed by atoms with van der Waals surface area (Å²) in [6, 6.07) is 11.4. The number of hydrogen-bond acceptors (Lipinski definition) is 3. The zero-order valence-electron chi connectivity index (χ0n) is 12.2. The van der Waals surface area contributed by atoms with E-state index in [9.17, 15) is 0 Å². The first-order valence-corrected chi connectivity index (χ1v) is 7.73. The summed E-state index contributed by atoms with van der Waals surface area (Å²) in [7, 11) is 0. The van der Waals surface area contributed by atoms with Gasteiger partial charge in [0, 0.05) is 11.3 Å². The third-order valence-electron chi connectivity index (χ3n) is 3.88. The summed E-state index contributed by atoms with van der Waals surface area (Å²) in [5.41, 5.74) is 16.7. The van der Waals surface area contributed by atoms with Gasteiger partial charge in [-0.2, -0.15) is 0 Å². The maximum Gasteiger partial charge on any atom is 0.0677 e. The quantitative estimate of drug-likeness (QED) is 0.718. The summed E-state index contributed by atoms with van der Waals surface area (Å²) in [5.74, 6) is 0.